The second-order valence-corrected chi connectivity index (χ2v) is 5.92. The predicted octanol–water partition coefficient (Wildman–Crippen LogP) is 1.17. The number of carbonyl (C=O) groups is 1. The number of thiocarbonyl (C=S) groups is 1. The van der Waals surface area contributed by atoms with Crippen LogP contribution in [0.15, 0.2) is 29.4 Å². The maximum Gasteiger partial charge on any atom is 0.277 e. The largest absolute Gasteiger partial charge is 0.388 e. The first kappa shape index (κ1) is 16.7. The Morgan fingerprint density at radius 2 is 2.05 bits per heavy atom. The Morgan fingerprint density at radius 3 is 2.64 bits per heavy atom. The first-order valence-electron chi connectivity index (χ1n) is 6.84. The van der Waals surface area contributed by atoms with Gasteiger partial charge in [0.25, 0.3) is 5.91 Å². The summed E-state index contributed by atoms with van der Waals surface area (Å²) in [6, 6.07) is 7.01. The van der Waals surface area contributed by atoms with Crippen molar-refractivity contribution in [2.75, 3.05) is 38.7 Å². The third-order valence-electron chi connectivity index (χ3n) is 3.35. The number of nitrogens with one attached hydrogen (secondary N) is 1. The van der Waals surface area contributed by atoms with E-state index in [4.69, 9.17) is 29.6 Å². The van der Waals surface area contributed by atoms with Crippen LogP contribution in [-0.2, 0) is 4.79 Å². The zero-order chi connectivity index (χ0) is 16.1. The van der Waals surface area contributed by atoms with Gasteiger partial charge in [0.05, 0.1) is 5.69 Å². The van der Waals surface area contributed by atoms with Gasteiger partial charge in [0.1, 0.15) is 4.99 Å². The van der Waals surface area contributed by atoms with Crippen LogP contribution >= 0.6 is 23.8 Å². The van der Waals surface area contributed by atoms with Crippen molar-refractivity contribution < 1.29 is 4.79 Å². The number of hydrogen-bond donors (Lipinski definition) is 2. The maximum atomic E-state index is 12.5. The van der Waals surface area contributed by atoms with Crippen LogP contribution in [0.3, 0.4) is 0 Å². The minimum atomic E-state index is -0.255. The highest BCUT2D eigenvalue weighted by atomic mass is 35.5. The molecule has 0 radical (unpaired) electrons. The van der Waals surface area contributed by atoms with E-state index in [1.807, 2.05) is 7.05 Å². The van der Waals surface area contributed by atoms with E-state index in [0.717, 1.165) is 13.1 Å². The molecule has 0 bridgehead atoms. The lowest BCUT2D eigenvalue weighted by Crippen LogP contribution is -2.51. The Kier molecular flexibility index (Phi) is 5.70. The first-order valence-corrected chi connectivity index (χ1v) is 7.63. The summed E-state index contributed by atoms with van der Waals surface area (Å²) in [7, 11) is 2.02. The number of carbonyl (C=O) groups excluding carboxylic acids is 1. The van der Waals surface area contributed by atoms with E-state index < -0.39 is 0 Å². The average molecular weight is 340 g/mol. The van der Waals surface area contributed by atoms with Gasteiger partial charge in [0, 0.05) is 31.2 Å². The molecule has 1 aromatic carbocycles. The van der Waals surface area contributed by atoms with Gasteiger partial charge >= 0.3 is 0 Å². The molecule has 0 aromatic heterocycles. The molecule has 118 valence electrons. The van der Waals surface area contributed by atoms with E-state index in [-0.39, 0.29) is 16.6 Å². The van der Waals surface area contributed by atoms with Gasteiger partial charge in [-0.2, -0.15) is 5.10 Å². The van der Waals surface area contributed by atoms with Crippen LogP contribution in [-0.4, -0.2) is 59.6 Å². The summed E-state index contributed by atoms with van der Waals surface area (Å²) in [4.78, 5) is 16.3. The third kappa shape index (κ3) is 4.40. The first-order chi connectivity index (χ1) is 10.5. The Balaban J connectivity index is 2.10. The van der Waals surface area contributed by atoms with E-state index >= 15 is 0 Å². The van der Waals surface area contributed by atoms with E-state index in [1.54, 1.807) is 29.2 Å². The monoisotopic (exact) mass is 339 g/mol. The summed E-state index contributed by atoms with van der Waals surface area (Å²) in [5, 5.41) is 4.64. The molecule has 1 fully saturated rings. The molecule has 0 saturated carbocycles. The van der Waals surface area contributed by atoms with Gasteiger partial charge < -0.3 is 15.5 Å². The minimum Gasteiger partial charge on any atom is -0.388 e. The molecule has 3 N–H and O–H groups in total. The van der Waals surface area contributed by atoms with Crippen molar-refractivity contribution in [1.82, 2.24) is 9.80 Å². The molecule has 1 heterocycles. The summed E-state index contributed by atoms with van der Waals surface area (Å²) >= 11 is 10.9. The molecule has 1 aromatic rings. The number of piperazine rings is 1. The Morgan fingerprint density at radius 1 is 1.36 bits per heavy atom. The number of nitrogens with zero attached hydrogens (tertiary/aromatic N) is 3. The summed E-state index contributed by atoms with van der Waals surface area (Å²) < 4.78 is 0. The van der Waals surface area contributed by atoms with Gasteiger partial charge in [-0.3, -0.25) is 10.2 Å². The second-order valence-electron chi connectivity index (χ2n) is 5.04. The highest BCUT2D eigenvalue weighted by Gasteiger charge is 2.25. The smallest absolute Gasteiger partial charge is 0.277 e. The maximum absolute atomic E-state index is 12.5. The molecular formula is C14H18ClN5OS. The van der Waals surface area contributed by atoms with Crippen molar-refractivity contribution in [2.45, 2.75) is 0 Å². The van der Waals surface area contributed by atoms with Crippen molar-refractivity contribution in [3.63, 3.8) is 0 Å². The molecule has 0 aliphatic carbocycles. The number of hydrazone groups is 1. The second kappa shape index (κ2) is 7.53. The molecule has 1 aliphatic heterocycles. The van der Waals surface area contributed by atoms with E-state index in [0.29, 0.717) is 23.8 Å². The Labute approximate surface area is 139 Å². The number of hydrogen-bond acceptors (Lipinski definition) is 5. The minimum absolute atomic E-state index is 0.0292. The number of benzene rings is 1. The van der Waals surface area contributed by atoms with Crippen molar-refractivity contribution in [3.8, 4) is 0 Å². The molecule has 0 atom stereocenters. The van der Waals surface area contributed by atoms with E-state index in [1.165, 1.54) is 0 Å². The predicted molar refractivity (Wildman–Crippen MR) is 93.4 cm³/mol. The van der Waals surface area contributed by atoms with Crippen LogP contribution in [0.1, 0.15) is 0 Å². The summed E-state index contributed by atoms with van der Waals surface area (Å²) in [6.07, 6.45) is 0. The van der Waals surface area contributed by atoms with Crippen molar-refractivity contribution in [1.29, 1.82) is 0 Å². The van der Waals surface area contributed by atoms with E-state index in [2.05, 4.69) is 15.4 Å². The quantitative estimate of drug-likeness (QED) is 0.489. The van der Waals surface area contributed by atoms with Crippen LogP contribution in [0, 0.1) is 0 Å². The third-order valence-corrected chi connectivity index (χ3v) is 3.78. The summed E-state index contributed by atoms with van der Waals surface area (Å²) in [5.41, 5.74) is 9.13. The van der Waals surface area contributed by atoms with Crippen molar-refractivity contribution >= 4 is 46.1 Å². The van der Waals surface area contributed by atoms with E-state index in [9.17, 15) is 4.79 Å². The van der Waals surface area contributed by atoms with Crippen LogP contribution in [0.5, 0.6) is 0 Å². The lowest BCUT2D eigenvalue weighted by Gasteiger charge is -2.32. The standard InChI is InChI=1S/C14H18ClN5OS/c1-19-5-7-20(8-6-19)14(21)12(13(16)22)18-17-11-4-2-3-10(15)9-11/h2-4,9,17H,5-8H2,1H3,(H2,16,22). The number of likely N-dealkylation sites (N-methyl/N-ethyl adjacent to an activating group) is 1. The molecule has 1 amide bonds. The summed E-state index contributed by atoms with van der Waals surface area (Å²) in [6.45, 7) is 2.90. The molecule has 1 saturated heterocycles. The Hall–Kier alpha value is -1.70. The lowest BCUT2D eigenvalue weighted by atomic mass is 10.2. The molecular weight excluding hydrogens is 322 g/mol. The van der Waals surface area contributed by atoms with Gasteiger partial charge in [-0.25, -0.2) is 0 Å². The molecule has 0 spiro atoms. The normalized spacial score (nSPS) is 16.5. The molecule has 2 rings (SSSR count). The highest BCUT2D eigenvalue weighted by Crippen LogP contribution is 2.14. The van der Waals surface area contributed by atoms with Gasteiger partial charge in [0.2, 0.25) is 0 Å². The van der Waals surface area contributed by atoms with Crippen LogP contribution in [0.4, 0.5) is 5.69 Å². The van der Waals surface area contributed by atoms with Gasteiger partial charge in [-0.1, -0.05) is 29.9 Å². The van der Waals surface area contributed by atoms with Crippen LogP contribution in [0.2, 0.25) is 5.02 Å². The van der Waals surface area contributed by atoms with Crippen molar-refractivity contribution in [3.05, 3.63) is 29.3 Å². The van der Waals surface area contributed by atoms with Crippen LogP contribution < -0.4 is 11.2 Å². The number of halogens is 1. The molecule has 22 heavy (non-hydrogen) atoms. The van der Waals surface area contributed by atoms with Crippen molar-refractivity contribution in [2.24, 2.45) is 10.8 Å². The lowest BCUT2D eigenvalue weighted by molar-refractivity contribution is -0.125. The summed E-state index contributed by atoms with van der Waals surface area (Å²) in [5.74, 6) is -0.255. The topological polar surface area (TPSA) is 74.0 Å². The Bertz CT molecular complexity index is 599. The average Bonchev–Trinajstić information content (AvgIpc) is 2.47. The highest BCUT2D eigenvalue weighted by molar-refractivity contribution is 7.82. The molecule has 6 nitrogen and oxygen atoms in total. The van der Waals surface area contributed by atoms with Gasteiger partial charge in [-0.05, 0) is 25.2 Å². The fourth-order valence-corrected chi connectivity index (χ4v) is 2.37. The molecule has 1 aliphatic rings. The zero-order valence-electron chi connectivity index (χ0n) is 12.3. The number of amides is 1. The van der Waals surface area contributed by atoms with Gasteiger partial charge in [0.15, 0.2) is 5.71 Å². The zero-order valence-corrected chi connectivity index (χ0v) is 13.8. The SMILES string of the molecule is CN1CCN(C(=O)C(=NNc2cccc(Cl)c2)C(N)=S)CC1. The fraction of sp³-hybridized carbons (Fsp3) is 0.357. The fourth-order valence-electron chi connectivity index (χ4n) is 2.05. The van der Waals surface area contributed by atoms with Crippen LogP contribution in [0.25, 0.3) is 0 Å². The number of nitrogens with two attached hydrogens (primary N) is 1. The van der Waals surface area contributed by atoms with Gasteiger partial charge in [-0.15, -0.1) is 0 Å². The number of rotatable bonds is 4. The molecule has 0 unspecified atom stereocenters. The molecule has 8 heteroatoms. The number of anilines is 1.